The predicted octanol–water partition coefficient (Wildman–Crippen LogP) is -0.455. The third kappa shape index (κ3) is 7.91. The average molecular weight is 345 g/mol. The van der Waals surface area contributed by atoms with Gasteiger partial charge in [-0.15, -0.1) is 0 Å². The van der Waals surface area contributed by atoms with Crippen molar-refractivity contribution in [1.29, 1.82) is 0 Å². The zero-order valence-electron chi connectivity index (χ0n) is 14.4. The number of hydrogen-bond donors (Lipinski definition) is 5. The Morgan fingerprint density at radius 2 is 1.42 bits per heavy atom. The van der Waals surface area contributed by atoms with Gasteiger partial charge in [0.25, 0.3) is 0 Å². The molecule has 9 nitrogen and oxygen atoms in total. The van der Waals surface area contributed by atoms with Crippen LogP contribution in [0.5, 0.6) is 0 Å². The van der Waals surface area contributed by atoms with Crippen molar-refractivity contribution in [2.75, 3.05) is 0 Å². The maximum absolute atomic E-state index is 12.3. The maximum Gasteiger partial charge on any atom is 0.326 e. The Balaban J connectivity index is 5.08. The van der Waals surface area contributed by atoms with Crippen molar-refractivity contribution in [1.82, 2.24) is 10.6 Å². The van der Waals surface area contributed by atoms with Crippen molar-refractivity contribution < 1.29 is 29.4 Å². The van der Waals surface area contributed by atoms with Gasteiger partial charge in [-0.1, -0.05) is 27.7 Å². The lowest BCUT2D eigenvalue weighted by Crippen LogP contribution is -2.55. The number of hydrogen-bond acceptors (Lipinski definition) is 5. The quantitative estimate of drug-likeness (QED) is 0.358. The van der Waals surface area contributed by atoms with Gasteiger partial charge in [-0.25, -0.2) is 4.79 Å². The SMILES string of the molecule is CC(C)C[C@H](NC(=O)[C@@H](N)C(C)C)C(=O)N[C@@H](CC(=O)O)C(=O)O. The third-order valence-corrected chi connectivity index (χ3v) is 3.35. The number of carboxylic acids is 2. The van der Waals surface area contributed by atoms with Crippen molar-refractivity contribution in [3.05, 3.63) is 0 Å². The van der Waals surface area contributed by atoms with Gasteiger partial charge in [0, 0.05) is 0 Å². The summed E-state index contributed by atoms with van der Waals surface area (Å²) in [7, 11) is 0. The summed E-state index contributed by atoms with van der Waals surface area (Å²) < 4.78 is 0. The molecule has 0 fully saturated rings. The van der Waals surface area contributed by atoms with Gasteiger partial charge in [-0.2, -0.15) is 0 Å². The van der Waals surface area contributed by atoms with Crippen LogP contribution in [0.25, 0.3) is 0 Å². The summed E-state index contributed by atoms with van der Waals surface area (Å²) in [4.78, 5) is 46.1. The van der Waals surface area contributed by atoms with E-state index in [9.17, 15) is 19.2 Å². The molecule has 0 heterocycles. The van der Waals surface area contributed by atoms with E-state index in [4.69, 9.17) is 15.9 Å². The lowest BCUT2D eigenvalue weighted by Gasteiger charge is -2.24. The number of aliphatic carboxylic acids is 2. The van der Waals surface area contributed by atoms with Crippen molar-refractivity contribution in [2.45, 2.75) is 58.7 Å². The summed E-state index contributed by atoms with van der Waals surface area (Å²) in [5.41, 5.74) is 5.74. The second kappa shape index (κ2) is 9.86. The van der Waals surface area contributed by atoms with Gasteiger partial charge in [0.15, 0.2) is 0 Å². The van der Waals surface area contributed by atoms with Gasteiger partial charge in [0.1, 0.15) is 12.1 Å². The van der Waals surface area contributed by atoms with Crippen LogP contribution < -0.4 is 16.4 Å². The largest absolute Gasteiger partial charge is 0.481 e. The lowest BCUT2D eigenvalue weighted by molar-refractivity contribution is -0.147. The number of nitrogens with two attached hydrogens (primary N) is 1. The Hall–Kier alpha value is -2.16. The Bertz CT molecular complexity index is 478. The number of carboxylic acid groups (broad SMARTS) is 2. The first-order valence-corrected chi connectivity index (χ1v) is 7.76. The molecule has 0 spiro atoms. The third-order valence-electron chi connectivity index (χ3n) is 3.35. The molecule has 0 aliphatic carbocycles. The van der Waals surface area contributed by atoms with E-state index in [1.54, 1.807) is 13.8 Å². The van der Waals surface area contributed by atoms with Crippen LogP contribution >= 0.6 is 0 Å². The average Bonchev–Trinajstić information content (AvgIpc) is 2.43. The van der Waals surface area contributed by atoms with E-state index in [1.165, 1.54) is 0 Å². The predicted molar refractivity (Wildman–Crippen MR) is 86.0 cm³/mol. The molecule has 9 heteroatoms. The molecule has 2 amide bonds. The second-order valence-corrected chi connectivity index (χ2v) is 6.46. The van der Waals surface area contributed by atoms with Gasteiger partial charge in [-0.3, -0.25) is 14.4 Å². The molecule has 138 valence electrons. The summed E-state index contributed by atoms with van der Waals surface area (Å²) in [6.45, 7) is 7.19. The van der Waals surface area contributed by atoms with Gasteiger partial charge in [0.05, 0.1) is 12.5 Å². The molecule has 0 aromatic carbocycles. The fourth-order valence-electron chi connectivity index (χ4n) is 1.92. The van der Waals surface area contributed by atoms with Crippen molar-refractivity contribution in [3.63, 3.8) is 0 Å². The number of nitrogens with one attached hydrogen (secondary N) is 2. The van der Waals surface area contributed by atoms with Gasteiger partial charge >= 0.3 is 11.9 Å². The Morgan fingerprint density at radius 3 is 1.79 bits per heavy atom. The van der Waals surface area contributed by atoms with Gasteiger partial charge in [0.2, 0.25) is 11.8 Å². The minimum atomic E-state index is -1.57. The summed E-state index contributed by atoms with van der Waals surface area (Å²) in [6, 6.07) is -3.36. The molecule has 0 unspecified atom stereocenters. The van der Waals surface area contributed by atoms with E-state index in [0.717, 1.165) is 0 Å². The highest BCUT2D eigenvalue weighted by Gasteiger charge is 2.30. The molecule has 6 N–H and O–H groups in total. The van der Waals surface area contributed by atoms with E-state index in [0.29, 0.717) is 0 Å². The highest BCUT2D eigenvalue weighted by atomic mass is 16.4. The number of amides is 2. The first-order valence-electron chi connectivity index (χ1n) is 7.76. The summed E-state index contributed by atoms with van der Waals surface area (Å²) in [5, 5.41) is 22.4. The van der Waals surface area contributed by atoms with E-state index in [1.807, 2.05) is 13.8 Å². The molecular weight excluding hydrogens is 318 g/mol. The molecule has 0 saturated heterocycles. The fraction of sp³-hybridized carbons (Fsp3) is 0.733. The highest BCUT2D eigenvalue weighted by Crippen LogP contribution is 2.08. The lowest BCUT2D eigenvalue weighted by atomic mass is 10.00. The highest BCUT2D eigenvalue weighted by molar-refractivity contribution is 5.92. The Labute approximate surface area is 141 Å². The minimum absolute atomic E-state index is 0.0408. The molecule has 0 radical (unpaired) electrons. The van der Waals surface area contributed by atoms with Crippen molar-refractivity contribution in [3.8, 4) is 0 Å². The Morgan fingerprint density at radius 1 is 0.917 bits per heavy atom. The van der Waals surface area contributed by atoms with Crippen LogP contribution in [-0.2, 0) is 19.2 Å². The van der Waals surface area contributed by atoms with E-state index in [-0.39, 0.29) is 18.3 Å². The van der Waals surface area contributed by atoms with Crippen LogP contribution in [0.15, 0.2) is 0 Å². The maximum atomic E-state index is 12.3. The van der Waals surface area contributed by atoms with E-state index >= 15 is 0 Å². The first kappa shape index (κ1) is 21.8. The number of carbonyl (C=O) groups excluding carboxylic acids is 2. The smallest absolute Gasteiger partial charge is 0.326 e. The first-order chi connectivity index (χ1) is 11.0. The molecule has 0 bridgehead atoms. The number of rotatable bonds is 10. The monoisotopic (exact) mass is 345 g/mol. The molecule has 0 aliphatic rings. The molecule has 0 aromatic rings. The minimum Gasteiger partial charge on any atom is -0.481 e. The molecular formula is C15H27N3O6. The second-order valence-electron chi connectivity index (χ2n) is 6.46. The molecule has 0 saturated carbocycles. The Kier molecular flexibility index (Phi) is 8.97. The van der Waals surface area contributed by atoms with Crippen LogP contribution in [0.1, 0.15) is 40.5 Å². The molecule has 24 heavy (non-hydrogen) atoms. The van der Waals surface area contributed by atoms with Crippen LogP contribution in [0.4, 0.5) is 0 Å². The normalized spacial score (nSPS) is 14.8. The van der Waals surface area contributed by atoms with Gasteiger partial charge < -0.3 is 26.6 Å². The molecule has 0 rings (SSSR count). The zero-order valence-corrected chi connectivity index (χ0v) is 14.4. The molecule has 0 aromatic heterocycles. The van der Waals surface area contributed by atoms with Crippen LogP contribution in [0.2, 0.25) is 0 Å². The van der Waals surface area contributed by atoms with Gasteiger partial charge in [-0.05, 0) is 18.3 Å². The summed E-state index contributed by atoms with van der Waals surface area (Å²) in [6.07, 6.45) is -0.489. The summed E-state index contributed by atoms with van der Waals surface area (Å²) in [5.74, 6) is -4.17. The molecule has 3 atom stereocenters. The van der Waals surface area contributed by atoms with E-state index < -0.39 is 48.3 Å². The summed E-state index contributed by atoms with van der Waals surface area (Å²) >= 11 is 0. The van der Waals surface area contributed by atoms with Crippen LogP contribution in [0.3, 0.4) is 0 Å². The molecule has 0 aliphatic heterocycles. The fourth-order valence-corrected chi connectivity index (χ4v) is 1.92. The standard InChI is InChI=1S/C15H27N3O6/c1-7(2)5-9(17-14(22)12(16)8(3)4)13(21)18-10(15(23)24)6-11(19)20/h7-10,12H,5-6,16H2,1-4H3,(H,17,22)(H,18,21)(H,19,20)(H,23,24)/t9-,10-,12-/m0/s1. The zero-order chi connectivity index (χ0) is 19.0. The van der Waals surface area contributed by atoms with Crippen molar-refractivity contribution >= 4 is 23.8 Å². The van der Waals surface area contributed by atoms with E-state index in [2.05, 4.69) is 10.6 Å². The van der Waals surface area contributed by atoms with Crippen molar-refractivity contribution in [2.24, 2.45) is 17.6 Å². The number of carbonyl (C=O) groups is 4. The topological polar surface area (TPSA) is 159 Å². The van der Waals surface area contributed by atoms with Crippen LogP contribution in [0, 0.1) is 11.8 Å². The van der Waals surface area contributed by atoms with Crippen LogP contribution in [-0.4, -0.2) is 52.1 Å².